The molecule has 0 aromatic rings. The Morgan fingerprint density at radius 2 is 1.75 bits per heavy atom. The lowest BCUT2D eigenvalue weighted by Crippen LogP contribution is -2.60. The maximum absolute atomic E-state index is 6.39. The molecule has 3 nitrogen and oxygen atoms in total. The van der Waals surface area contributed by atoms with Gasteiger partial charge in [0.1, 0.15) is 0 Å². The third-order valence-corrected chi connectivity index (χ3v) is 4.05. The zero-order chi connectivity index (χ0) is 12.0. The molecule has 16 heavy (non-hydrogen) atoms. The molecule has 1 atom stereocenters. The summed E-state index contributed by atoms with van der Waals surface area (Å²) in [6, 6.07) is 0.162. The van der Waals surface area contributed by atoms with Crippen molar-refractivity contribution in [2.75, 3.05) is 26.3 Å². The number of nitrogens with two attached hydrogens (primary N) is 1. The molecule has 0 bridgehead atoms. The number of likely N-dealkylation sites (N-methyl/N-ethyl adjacent to an activating group) is 1. The number of hydrogen-bond donors (Lipinski definition) is 1. The monoisotopic (exact) mass is 228 g/mol. The van der Waals surface area contributed by atoms with Crippen molar-refractivity contribution in [2.45, 2.75) is 58.0 Å². The van der Waals surface area contributed by atoms with E-state index in [2.05, 4.69) is 18.7 Å². The van der Waals surface area contributed by atoms with Gasteiger partial charge < -0.3 is 10.5 Å². The Hall–Kier alpha value is -0.120. The van der Waals surface area contributed by atoms with E-state index in [4.69, 9.17) is 10.5 Å². The summed E-state index contributed by atoms with van der Waals surface area (Å²) in [5.41, 5.74) is 6.59. The molecule has 1 saturated carbocycles. The van der Waals surface area contributed by atoms with Crippen LogP contribution in [0.4, 0.5) is 0 Å². The number of hydrogen-bond acceptors (Lipinski definition) is 3. The van der Waals surface area contributed by atoms with Gasteiger partial charge in [-0.2, -0.15) is 0 Å². The fraction of sp³-hybridized carbons (Fsp3) is 1.00. The van der Waals surface area contributed by atoms with Crippen molar-refractivity contribution >= 4 is 0 Å². The highest BCUT2D eigenvalue weighted by atomic mass is 16.5. The van der Waals surface area contributed by atoms with Crippen LogP contribution in [-0.2, 0) is 4.74 Å². The number of ether oxygens (including phenoxy) is 1. The minimum absolute atomic E-state index is 0.162. The molecule has 3 heteroatoms. The second-order valence-electron chi connectivity index (χ2n) is 4.75. The van der Waals surface area contributed by atoms with Gasteiger partial charge in [-0.25, -0.2) is 0 Å². The molecule has 1 rings (SSSR count). The third kappa shape index (κ3) is 2.76. The molecule has 1 aliphatic rings. The molecular formula is C13H28N2O. The zero-order valence-electron chi connectivity index (χ0n) is 11.2. The van der Waals surface area contributed by atoms with Crippen LogP contribution in [0.2, 0.25) is 0 Å². The van der Waals surface area contributed by atoms with E-state index in [0.29, 0.717) is 6.61 Å². The van der Waals surface area contributed by atoms with Gasteiger partial charge >= 0.3 is 0 Å². The molecule has 0 amide bonds. The van der Waals surface area contributed by atoms with Crippen molar-refractivity contribution in [2.24, 2.45) is 5.73 Å². The predicted octanol–water partition coefficient (Wildman–Crippen LogP) is 2.00. The van der Waals surface area contributed by atoms with Crippen LogP contribution in [0.1, 0.15) is 46.5 Å². The summed E-state index contributed by atoms with van der Waals surface area (Å²) in [5, 5.41) is 0. The minimum Gasteiger partial charge on any atom is -0.380 e. The fourth-order valence-electron chi connectivity index (χ4n) is 3.16. The van der Waals surface area contributed by atoms with Crippen molar-refractivity contribution in [3.05, 3.63) is 0 Å². The maximum Gasteiger partial charge on any atom is 0.0635 e. The van der Waals surface area contributed by atoms with Gasteiger partial charge in [-0.3, -0.25) is 4.90 Å². The smallest absolute Gasteiger partial charge is 0.0635 e. The molecule has 1 fully saturated rings. The minimum atomic E-state index is 0.162. The Morgan fingerprint density at radius 3 is 2.19 bits per heavy atom. The van der Waals surface area contributed by atoms with Gasteiger partial charge in [-0.05, 0) is 32.9 Å². The summed E-state index contributed by atoms with van der Waals surface area (Å²) in [6.45, 7) is 10.2. The molecule has 0 aliphatic heterocycles. The highest BCUT2D eigenvalue weighted by molar-refractivity contribution is 5.02. The Balaban J connectivity index is 2.70. The van der Waals surface area contributed by atoms with E-state index in [0.717, 1.165) is 19.7 Å². The highest BCUT2D eigenvalue weighted by Gasteiger charge is 2.43. The van der Waals surface area contributed by atoms with Crippen molar-refractivity contribution in [1.29, 1.82) is 0 Å². The quantitative estimate of drug-likeness (QED) is 0.724. The van der Waals surface area contributed by atoms with Crippen LogP contribution < -0.4 is 5.73 Å². The summed E-state index contributed by atoms with van der Waals surface area (Å²) in [7, 11) is 0. The number of nitrogens with zero attached hydrogens (tertiary/aromatic N) is 1. The lowest BCUT2D eigenvalue weighted by Gasteiger charge is -2.44. The third-order valence-electron chi connectivity index (χ3n) is 4.05. The van der Waals surface area contributed by atoms with Crippen LogP contribution in [0.5, 0.6) is 0 Å². The topological polar surface area (TPSA) is 38.5 Å². The fourth-order valence-corrected chi connectivity index (χ4v) is 3.16. The molecule has 0 heterocycles. The molecule has 96 valence electrons. The van der Waals surface area contributed by atoms with Crippen LogP contribution in [0, 0.1) is 0 Å². The maximum atomic E-state index is 6.39. The largest absolute Gasteiger partial charge is 0.380 e. The second-order valence-corrected chi connectivity index (χ2v) is 4.75. The van der Waals surface area contributed by atoms with Gasteiger partial charge in [0.15, 0.2) is 0 Å². The van der Waals surface area contributed by atoms with Gasteiger partial charge in [0, 0.05) is 18.2 Å². The Labute approximate surface area is 100 Å². The summed E-state index contributed by atoms with van der Waals surface area (Å²) in [4.78, 5) is 2.55. The van der Waals surface area contributed by atoms with Crippen molar-refractivity contribution in [1.82, 2.24) is 4.90 Å². The highest BCUT2D eigenvalue weighted by Crippen LogP contribution is 2.37. The van der Waals surface area contributed by atoms with Gasteiger partial charge in [0.05, 0.1) is 6.61 Å². The first-order chi connectivity index (χ1) is 7.71. The summed E-state index contributed by atoms with van der Waals surface area (Å²) < 4.78 is 5.52. The first-order valence-corrected chi connectivity index (χ1v) is 6.79. The second kappa shape index (κ2) is 6.58. The SMILES string of the molecule is CCOCC(N)C1(N(CC)CC)CCCC1. The molecule has 1 unspecified atom stereocenters. The Kier molecular flexibility index (Phi) is 5.73. The molecule has 0 radical (unpaired) electrons. The normalized spacial score (nSPS) is 21.6. The van der Waals surface area contributed by atoms with Crippen LogP contribution in [0.25, 0.3) is 0 Å². The number of rotatable bonds is 7. The van der Waals surface area contributed by atoms with E-state index >= 15 is 0 Å². The van der Waals surface area contributed by atoms with Crippen LogP contribution in [0.3, 0.4) is 0 Å². The van der Waals surface area contributed by atoms with E-state index in [9.17, 15) is 0 Å². The standard InChI is InChI=1S/C13H28N2O/c1-4-15(5-2)13(9-7-8-10-13)12(14)11-16-6-3/h12H,4-11,14H2,1-3H3. The summed E-state index contributed by atoms with van der Waals surface area (Å²) >= 11 is 0. The zero-order valence-corrected chi connectivity index (χ0v) is 11.2. The van der Waals surface area contributed by atoms with Crippen molar-refractivity contribution < 1.29 is 4.74 Å². The van der Waals surface area contributed by atoms with E-state index in [-0.39, 0.29) is 11.6 Å². The Bertz CT molecular complexity index is 186. The molecule has 2 N–H and O–H groups in total. The van der Waals surface area contributed by atoms with Crippen molar-refractivity contribution in [3.63, 3.8) is 0 Å². The average molecular weight is 228 g/mol. The molecule has 1 aliphatic carbocycles. The molecule has 0 aromatic heterocycles. The van der Waals surface area contributed by atoms with Crippen molar-refractivity contribution in [3.8, 4) is 0 Å². The molecule has 0 aromatic carbocycles. The average Bonchev–Trinajstić information content (AvgIpc) is 2.78. The van der Waals surface area contributed by atoms with Crippen LogP contribution in [0.15, 0.2) is 0 Å². The first-order valence-electron chi connectivity index (χ1n) is 6.79. The molecular weight excluding hydrogens is 200 g/mol. The summed E-state index contributed by atoms with van der Waals surface area (Å²) in [5.74, 6) is 0. The van der Waals surface area contributed by atoms with Gasteiger partial charge in [0.2, 0.25) is 0 Å². The van der Waals surface area contributed by atoms with E-state index in [1.54, 1.807) is 0 Å². The van der Waals surface area contributed by atoms with Gasteiger partial charge in [0.25, 0.3) is 0 Å². The molecule has 0 saturated heterocycles. The molecule has 0 spiro atoms. The lowest BCUT2D eigenvalue weighted by atomic mass is 9.86. The van der Waals surface area contributed by atoms with Crippen LogP contribution >= 0.6 is 0 Å². The van der Waals surface area contributed by atoms with E-state index in [1.807, 2.05) is 6.92 Å². The summed E-state index contributed by atoms with van der Waals surface area (Å²) in [6.07, 6.45) is 5.11. The lowest BCUT2D eigenvalue weighted by molar-refractivity contribution is 0.0301. The van der Waals surface area contributed by atoms with E-state index < -0.39 is 0 Å². The first kappa shape index (κ1) is 13.9. The van der Waals surface area contributed by atoms with Crippen LogP contribution in [-0.4, -0.2) is 42.8 Å². The Morgan fingerprint density at radius 1 is 1.19 bits per heavy atom. The van der Waals surface area contributed by atoms with E-state index in [1.165, 1.54) is 25.7 Å². The predicted molar refractivity (Wildman–Crippen MR) is 68.6 cm³/mol. The van der Waals surface area contributed by atoms with Gasteiger partial charge in [-0.15, -0.1) is 0 Å². The van der Waals surface area contributed by atoms with Gasteiger partial charge in [-0.1, -0.05) is 26.7 Å².